The van der Waals surface area contributed by atoms with Crippen LogP contribution in [0, 0.1) is 0 Å². The molecule has 21 heavy (non-hydrogen) atoms. The zero-order valence-corrected chi connectivity index (χ0v) is 11.8. The fourth-order valence-corrected chi connectivity index (χ4v) is 3.44. The van der Waals surface area contributed by atoms with Gasteiger partial charge in [-0.3, -0.25) is 0 Å². The predicted molar refractivity (Wildman–Crippen MR) is 68.8 cm³/mol. The van der Waals surface area contributed by atoms with Crippen LogP contribution in [0.25, 0.3) is 0 Å². The molecule has 116 valence electrons. The van der Waals surface area contributed by atoms with E-state index >= 15 is 0 Å². The minimum absolute atomic E-state index is 0.0330. The molecule has 0 unspecified atom stereocenters. The van der Waals surface area contributed by atoms with Crippen LogP contribution in [0.4, 0.5) is 13.2 Å². The Bertz CT molecular complexity index is 658. The van der Waals surface area contributed by atoms with E-state index in [1.807, 2.05) is 0 Å². The summed E-state index contributed by atoms with van der Waals surface area (Å²) in [6, 6.07) is 6.57. The number of halogens is 3. The van der Waals surface area contributed by atoms with E-state index in [1.165, 1.54) is 25.1 Å². The summed E-state index contributed by atoms with van der Waals surface area (Å²) in [5.74, 6) is 0. The third-order valence-corrected chi connectivity index (χ3v) is 4.84. The van der Waals surface area contributed by atoms with Gasteiger partial charge in [0.1, 0.15) is 0 Å². The first-order valence-corrected chi connectivity index (χ1v) is 7.53. The number of sulfonamides is 1. The number of nitrogens with zero attached hydrogens (tertiary/aromatic N) is 2. The second-order valence-electron chi connectivity index (χ2n) is 4.57. The first kappa shape index (κ1) is 15.8. The minimum Gasteiger partial charge on any atom is -0.361 e. The highest BCUT2D eigenvalue weighted by Crippen LogP contribution is 2.43. The largest absolute Gasteiger partial charge is 0.439 e. The van der Waals surface area contributed by atoms with Crippen LogP contribution in [0.5, 0.6) is 0 Å². The molecule has 5 nitrogen and oxygen atoms in total. The Morgan fingerprint density at radius 3 is 2.38 bits per heavy atom. The van der Waals surface area contributed by atoms with Gasteiger partial charge in [0.15, 0.2) is 0 Å². The summed E-state index contributed by atoms with van der Waals surface area (Å²) in [4.78, 5) is -0.367. The Balaban J connectivity index is 2.56. The van der Waals surface area contributed by atoms with Crippen LogP contribution in [-0.2, 0) is 10.0 Å². The molecule has 0 saturated heterocycles. The first-order chi connectivity index (χ1) is 9.63. The molecule has 0 saturated carbocycles. The van der Waals surface area contributed by atoms with Crippen molar-refractivity contribution < 1.29 is 26.7 Å². The lowest BCUT2D eigenvalue weighted by Crippen LogP contribution is -2.56. The van der Waals surface area contributed by atoms with E-state index in [9.17, 15) is 26.7 Å². The second kappa shape index (κ2) is 4.99. The summed E-state index contributed by atoms with van der Waals surface area (Å²) in [5.41, 5.74) is -3.58. The van der Waals surface area contributed by atoms with Crippen molar-refractivity contribution in [1.29, 1.82) is 0 Å². The normalized spacial score (nSPS) is 23.3. The van der Waals surface area contributed by atoms with Crippen molar-refractivity contribution >= 4 is 15.7 Å². The van der Waals surface area contributed by atoms with E-state index in [4.69, 9.17) is 0 Å². The van der Waals surface area contributed by atoms with Crippen molar-refractivity contribution in [2.24, 2.45) is 5.10 Å². The fraction of sp³-hybridized carbons (Fsp3) is 0.417. The molecule has 9 heteroatoms. The molecule has 0 radical (unpaired) electrons. The van der Waals surface area contributed by atoms with Crippen molar-refractivity contribution in [3.05, 3.63) is 30.3 Å². The number of hydrogen-bond acceptors (Lipinski definition) is 4. The van der Waals surface area contributed by atoms with Gasteiger partial charge in [-0.1, -0.05) is 25.1 Å². The van der Waals surface area contributed by atoms with E-state index in [-0.39, 0.29) is 21.4 Å². The van der Waals surface area contributed by atoms with Crippen molar-refractivity contribution in [2.75, 3.05) is 0 Å². The van der Waals surface area contributed by atoms with Crippen LogP contribution in [-0.4, -0.2) is 35.6 Å². The third-order valence-electron chi connectivity index (χ3n) is 3.13. The van der Waals surface area contributed by atoms with Gasteiger partial charge in [-0.15, -0.1) is 4.41 Å². The molecule has 2 rings (SSSR count). The summed E-state index contributed by atoms with van der Waals surface area (Å²) in [5, 5.41) is 13.4. The zero-order valence-electron chi connectivity index (χ0n) is 11.0. The van der Waals surface area contributed by atoms with E-state index in [0.29, 0.717) is 0 Å². The topological polar surface area (TPSA) is 70.0 Å². The highest BCUT2D eigenvalue weighted by molar-refractivity contribution is 7.89. The Hall–Kier alpha value is -1.61. The zero-order chi connectivity index (χ0) is 15.9. The Kier molecular flexibility index (Phi) is 3.75. The second-order valence-corrected chi connectivity index (χ2v) is 6.34. The number of alkyl halides is 3. The number of aliphatic hydroxyl groups is 1. The van der Waals surface area contributed by atoms with Crippen LogP contribution in [0.15, 0.2) is 40.3 Å². The smallest absolute Gasteiger partial charge is 0.361 e. The van der Waals surface area contributed by atoms with Crippen molar-refractivity contribution in [2.45, 2.75) is 36.6 Å². The maximum absolute atomic E-state index is 13.1. The van der Waals surface area contributed by atoms with Gasteiger partial charge in [-0.05, 0) is 18.6 Å². The molecule has 0 amide bonds. The van der Waals surface area contributed by atoms with Gasteiger partial charge in [-0.25, -0.2) is 0 Å². The Labute approximate surface area is 119 Å². The lowest BCUT2D eigenvalue weighted by molar-refractivity contribution is -0.291. The molecule has 1 aliphatic heterocycles. The van der Waals surface area contributed by atoms with E-state index < -0.39 is 28.3 Å². The van der Waals surface area contributed by atoms with Gasteiger partial charge >= 0.3 is 6.18 Å². The molecular formula is C12H13F3N2O3S. The number of benzene rings is 1. The van der Waals surface area contributed by atoms with E-state index in [1.54, 1.807) is 0 Å². The monoisotopic (exact) mass is 322 g/mol. The molecule has 1 aliphatic rings. The summed E-state index contributed by atoms with van der Waals surface area (Å²) in [6.45, 7) is 1.54. The predicted octanol–water partition coefficient (Wildman–Crippen LogP) is 2.10. The van der Waals surface area contributed by atoms with Gasteiger partial charge in [0, 0.05) is 12.1 Å². The Morgan fingerprint density at radius 1 is 1.33 bits per heavy atom. The lowest BCUT2D eigenvalue weighted by Gasteiger charge is -2.33. The quantitative estimate of drug-likeness (QED) is 0.926. The van der Waals surface area contributed by atoms with E-state index in [0.717, 1.165) is 12.1 Å². The first-order valence-electron chi connectivity index (χ1n) is 6.09. The lowest BCUT2D eigenvalue weighted by atomic mass is 10.1. The molecular weight excluding hydrogens is 309 g/mol. The standard InChI is InChI=1S/C12H13F3N2O3S/c1-2-9-8-11(18,12(13,14)15)17(16-9)21(19,20)10-6-4-3-5-7-10/h3-7,18H,2,8H2,1H3/t11-/m1/s1. The van der Waals surface area contributed by atoms with Gasteiger partial charge in [0.05, 0.1) is 4.90 Å². The van der Waals surface area contributed by atoms with E-state index in [2.05, 4.69) is 5.10 Å². The van der Waals surface area contributed by atoms with Crippen LogP contribution >= 0.6 is 0 Å². The molecule has 1 aromatic rings. The third kappa shape index (κ3) is 2.51. The number of hydrazone groups is 1. The summed E-state index contributed by atoms with van der Waals surface area (Å²) >= 11 is 0. The average molecular weight is 322 g/mol. The summed E-state index contributed by atoms with van der Waals surface area (Å²) < 4.78 is 63.8. The van der Waals surface area contributed by atoms with Crippen LogP contribution in [0.1, 0.15) is 19.8 Å². The fourth-order valence-electron chi connectivity index (χ4n) is 1.95. The van der Waals surface area contributed by atoms with Crippen LogP contribution in [0.2, 0.25) is 0 Å². The number of hydrogen-bond donors (Lipinski definition) is 1. The van der Waals surface area contributed by atoms with Gasteiger partial charge in [-0.2, -0.15) is 26.7 Å². The maximum Gasteiger partial charge on any atom is 0.439 e. The highest BCUT2D eigenvalue weighted by Gasteiger charge is 2.64. The number of rotatable bonds is 3. The molecule has 0 aliphatic carbocycles. The molecule has 1 N–H and O–H groups in total. The molecule has 1 aromatic carbocycles. The molecule has 0 spiro atoms. The highest BCUT2D eigenvalue weighted by atomic mass is 32.2. The van der Waals surface area contributed by atoms with Crippen LogP contribution in [0.3, 0.4) is 0 Å². The van der Waals surface area contributed by atoms with Crippen molar-refractivity contribution in [3.8, 4) is 0 Å². The molecule has 0 aromatic heterocycles. The van der Waals surface area contributed by atoms with Gasteiger partial charge < -0.3 is 5.11 Å². The summed E-state index contributed by atoms with van der Waals surface area (Å²) in [6.07, 6.45) is -5.94. The molecule has 1 atom stereocenters. The van der Waals surface area contributed by atoms with Gasteiger partial charge in [0.25, 0.3) is 15.7 Å². The summed E-state index contributed by atoms with van der Waals surface area (Å²) in [7, 11) is -4.60. The van der Waals surface area contributed by atoms with Crippen LogP contribution < -0.4 is 0 Å². The maximum atomic E-state index is 13.1. The minimum atomic E-state index is -5.16. The Morgan fingerprint density at radius 2 is 1.90 bits per heavy atom. The average Bonchev–Trinajstić information content (AvgIpc) is 2.79. The SMILES string of the molecule is CCC1=NN(S(=O)(=O)c2ccccc2)[C@](O)(C(F)(F)F)C1. The molecule has 1 heterocycles. The van der Waals surface area contributed by atoms with Gasteiger partial charge in [0.2, 0.25) is 0 Å². The van der Waals surface area contributed by atoms with Crippen molar-refractivity contribution in [1.82, 2.24) is 4.41 Å². The molecule has 0 fully saturated rings. The molecule has 0 bridgehead atoms. The van der Waals surface area contributed by atoms with Crippen molar-refractivity contribution in [3.63, 3.8) is 0 Å².